The highest BCUT2D eigenvalue weighted by Gasteiger charge is 2.21. The molecule has 18 heavy (non-hydrogen) atoms. The number of para-hydroxylation sites is 1. The van der Waals surface area contributed by atoms with Crippen molar-refractivity contribution < 1.29 is 20.3 Å². The molecule has 0 radical (unpaired) electrons. The second-order valence-electron chi connectivity index (χ2n) is 4.98. The third-order valence-corrected chi connectivity index (χ3v) is 2.93. The van der Waals surface area contributed by atoms with Gasteiger partial charge in [-0.25, -0.2) is 0 Å². The van der Waals surface area contributed by atoms with Gasteiger partial charge < -0.3 is 20.3 Å². The highest BCUT2D eigenvalue weighted by atomic mass is 35.5. The minimum atomic E-state index is -0.605. The van der Waals surface area contributed by atoms with E-state index in [1.165, 1.54) is 0 Å². The lowest BCUT2D eigenvalue weighted by Crippen LogP contribution is -2.97. The van der Waals surface area contributed by atoms with Crippen molar-refractivity contribution in [3.63, 3.8) is 0 Å². The first-order valence-electron chi connectivity index (χ1n) is 5.95. The maximum atomic E-state index is 9.78. The normalized spacial score (nSPS) is 13.4. The Morgan fingerprint density at radius 1 is 1.39 bits per heavy atom. The fourth-order valence-corrected chi connectivity index (χ4v) is 1.53. The Kier molecular flexibility index (Phi) is 5.88. The lowest BCUT2D eigenvalue weighted by atomic mass is 10.1. The van der Waals surface area contributed by atoms with Crippen LogP contribution in [0.15, 0.2) is 24.3 Å². The second-order valence-corrected chi connectivity index (χ2v) is 5.39. The number of nitrogens with two attached hydrogens (primary N) is 1. The molecule has 0 unspecified atom stereocenters. The molecule has 0 fully saturated rings. The molecule has 0 heterocycles. The average Bonchev–Trinajstić information content (AvgIpc) is 2.35. The van der Waals surface area contributed by atoms with Crippen molar-refractivity contribution in [1.82, 2.24) is 0 Å². The molecular weight excluding hydrogens is 254 g/mol. The maximum absolute atomic E-state index is 9.78. The van der Waals surface area contributed by atoms with Gasteiger partial charge in [-0.2, -0.15) is 0 Å². The molecule has 0 aliphatic heterocycles. The van der Waals surface area contributed by atoms with E-state index in [0.29, 0.717) is 17.3 Å². The lowest BCUT2D eigenvalue weighted by molar-refractivity contribution is -0.727. The summed E-state index contributed by atoms with van der Waals surface area (Å²) in [6.07, 6.45) is -0.605. The summed E-state index contributed by atoms with van der Waals surface area (Å²) in [5.74, 6) is 0.569. The molecule has 4 nitrogen and oxygen atoms in total. The van der Waals surface area contributed by atoms with Crippen LogP contribution in [0.5, 0.6) is 5.75 Å². The molecular formula is C13H21ClNO3+. The fraction of sp³-hybridized carbons (Fsp3) is 0.538. The minimum Gasteiger partial charge on any atom is -0.489 e. The zero-order valence-electron chi connectivity index (χ0n) is 10.8. The fourth-order valence-electron chi connectivity index (χ4n) is 1.34. The Bertz CT molecular complexity index is 371. The van der Waals surface area contributed by atoms with Crippen molar-refractivity contribution in [3.05, 3.63) is 29.3 Å². The summed E-state index contributed by atoms with van der Waals surface area (Å²) in [7, 11) is 0. The van der Waals surface area contributed by atoms with Crippen LogP contribution in [0, 0.1) is 0 Å². The summed E-state index contributed by atoms with van der Waals surface area (Å²) in [4.78, 5) is 0. The maximum Gasteiger partial charge on any atom is 0.138 e. The first-order valence-corrected chi connectivity index (χ1v) is 6.33. The van der Waals surface area contributed by atoms with Crippen LogP contribution < -0.4 is 10.1 Å². The molecule has 1 atom stereocenters. The third kappa shape index (κ3) is 5.23. The zero-order valence-corrected chi connectivity index (χ0v) is 11.5. The molecule has 1 aromatic rings. The molecule has 0 saturated heterocycles. The quantitative estimate of drug-likeness (QED) is 0.675. The number of aliphatic hydroxyl groups is 2. The Morgan fingerprint density at radius 3 is 2.67 bits per heavy atom. The van der Waals surface area contributed by atoms with Gasteiger partial charge in [0.15, 0.2) is 0 Å². The number of hydrogen-bond donors (Lipinski definition) is 3. The van der Waals surface area contributed by atoms with Gasteiger partial charge in [0.2, 0.25) is 0 Å². The Balaban J connectivity index is 2.34. The van der Waals surface area contributed by atoms with Gasteiger partial charge in [0, 0.05) is 0 Å². The smallest absolute Gasteiger partial charge is 0.138 e. The number of rotatable bonds is 7. The molecule has 0 bridgehead atoms. The van der Waals surface area contributed by atoms with Crippen molar-refractivity contribution in [2.24, 2.45) is 0 Å². The highest BCUT2D eigenvalue weighted by molar-refractivity contribution is 6.32. The van der Waals surface area contributed by atoms with Crippen LogP contribution in [0.25, 0.3) is 0 Å². The SMILES string of the molecule is CC(C)(CO)[NH2+]C[C@H](O)COc1ccccc1Cl. The molecule has 0 aliphatic rings. The standard InChI is InChI=1S/C13H20ClNO3/c1-13(2,9-16)15-7-10(17)8-18-12-6-4-3-5-11(12)14/h3-6,10,15-17H,7-9H2,1-2H3/p+1/t10-/m0/s1. The van der Waals surface area contributed by atoms with E-state index in [0.717, 1.165) is 0 Å². The van der Waals surface area contributed by atoms with E-state index in [2.05, 4.69) is 0 Å². The molecule has 0 spiro atoms. The number of quaternary nitrogens is 1. The molecule has 0 aromatic heterocycles. The van der Waals surface area contributed by atoms with Crippen LogP contribution in [0.3, 0.4) is 0 Å². The topological polar surface area (TPSA) is 66.3 Å². The molecule has 5 heteroatoms. The summed E-state index contributed by atoms with van der Waals surface area (Å²) in [5.41, 5.74) is -0.286. The number of benzene rings is 1. The predicted molar refractivity (Wildman–Crippen MR) is 70.9 cm³/mol. The molecule has 1 aromatic carbocycles. The van der Waals surface area contributed by atoms with E-state index >= 15 is 0 Å². The first kappa shape index (κ1) is 15.2. The number of hydrogen-bond acceptors (Lipinski definition) is 3. The number of ether oxygens (including phenoxy) is 1. The van der Waals surface area contributed by atoms with E-state index in [-0.39, 0.29) is 18.8 Å². The summed E-state index contributed by atoms with van der Waals surface area (Å²) in [5, 5.41) is 21.3. The monoisotopic (exact) mass is 274 g/mol. The summed E-state index contributed by atoms with van der Waals surface area (Å²) < 4.78 is 5.43. The van der Waals surface area contributed by atoms with Gasteiger partial charge in [-0.05, 0) is 26.0 Å². The van der Waals surface area contributed by atoms with Crippen LogP contribution in [0.4, 0.5) is 0 Å². The van der Waals surface area contributed by atoms with Crippen LogP contribution >= 0.6 is 11.6 Å². The summed E-state index contributed by atoms with van der Waals surface area (Å²) in [6, 6.07) is 7.15. The summed E-state index contributed by atoms with van der Waals surface area (Å²) in [6.45, 7) is 4.54. The Labute approximate surface area is 113 Å². The number of halogens is 1. The largest absolute Gasteiger partial charge is 0.489 e. The van der Waals surface area contributed by atoms with Gasteiger partial charge in [0.25, 0.3) is 0 Å². The molecule has 1 rings (SSSR count). The minimum absolute atomic E-state index is 0.0606. The Hall–Kier alpha value is -0.810. The number of aliphatic hydroxyl groups excluding tert-OH is 2. The third-order valence-electron chi connectivity index (χ3n) is 2.62. The Morgan fingerprint density at radius 2 is 2.06 bits per heavy atom. The molecule has 0 aliphatic carbocycles. The van der Waals surface area contributed by atoms with Crippen molar-refractivity contribution >= 4 is 11.6 Å². The van der Waals surface area contributed by atoms with Gasteiger partial charge in [-0.15, -0.1) is 0 Å². The van der Waals surface area contributed by atoms with Crippen LogP contribution in [0.2, 0.25) is 5.02 Å². The zero-order chi connectivity index (χ0) is 13.6. The predicted octanol–water partition coefficient (Wildman–Crippen LogP) is 0.414. The molecule has 4 N–H and O–H groups in total. The second kappa shape index (κ2) is 6.95. The van der Waals surface area contributed by atoms with Gasteiger partial charge in [0.05, 0.1) is 11.6 Å². The summed E-state index contributed by atoms with van der Waals surface area (Å²) >= 11 is 5.93. The highest BCUT2D eigenvalue weighted by Crippen LogP contribution is 2.22. The van der Waals surface area contributed by atoms with Gasteiger partial charge >= 0.3 is 0 Å². The van der Waals surface area contributed by atoms with E-state index in [9.17, 15) is 5.11 Å². The van der Waals surface area contributed by atoms with Crippen molar-refractivity contribution in [3.8, 4) is 5.75 Å². The van der Waals surface area contributed by atoms with E-state index in [1.54, 1.807) is 12.1 Å². The van der Waals surface area contributed by atoms with Crippen molar-refractivity contribution in [2.75, 3.05) is 19.8 Å². The molecule has 0 saturated carbocycles. The van der Waals surface area contributed by atoms with Gasteiger partial charge in [0.1, 0.15) is 30.5 Å². The van der Waals surface area contributed by atoms with Crippen molar-refractivity contribution in [1.29, 1.82) is 0 Å². The molecule has 102 valence electrons. The van der Waals surface area contributed by atoms with Crippen LogP contribution in [0.1, 0.15) is 13.8 Å². The average molecular weight is 275 g/mol. The van der Waals surface area contributed by atoms with Crippen LogP contribution in [-0.2, 0) is 0 Å². The lowest BCUT2D eigenvalue weighted by Gasteiger charge is -2.21. The van der Waals surface area contributed by atoms with E-state index in [1.807, 2.05) is 31.3 Å². The van der Waals surface area contributed by atoms with E-state index < -0.39 is 6.10 Å². The van der Waals surface area contributed by atoms with Crippen LogP contribution in [-0.4, -0.2) is 41.6 Å². The van der Waals surface area contributed by atoms with Crippen molar-refractivity contribution in [2.45, 2.75) is 25.5 Å². The van der Waals surface area contributed by atoms with E-state index in [4.69, 9.17) is 21.4 Å². The van der Waals surface area contributed by atoms with Gasteiger partial charge in [-0.3, -0.25) is 0 Å². The molecule has 0 amide bonds. The van der Waals surface area contributed by atoms with Gasteiger partial charge in [-0.1, -0.05) is 23.7 Å². The first-order chi connectivity index (χ1) is 8.44.